The Bertz CT molecular complexity index is 964. The number of benzene rings is 3. The monoisotopic (exact) mass is 363 g/mol. The summed E-state index contributed by atoms with van der Waals surface area (Å²) in [5, 5.41) is 4.64. The fourth-order valence-corrected chi connectivity index (χ4v) is 3.01. The quantitative estimate of drug-likeness (QED) is 0.483. The molecule has 0 bridgehead atoms. The van der Waals surface area contributed by atoms with Gasteiger partial charge in [-0.05, 0) is 35.9 Å². The second-order valence-corrected chi connectivity index (χ2v) is 6.21. The van der Waals surface area contributed by atoms with E-state index in [9.17, 15) is 4.79 Å². The van der Waals surface area contributed by atoms with Gasteiger partial charge in [0, 0.05) is 16.1 Å². The van der Waals surface area contributed by atoms with Crippen molar-refractivity contribution < 1.29 is 14.4 Å². The van der Waals surface area contributed by atoms with Gasteiger partial charge in [-0.3, -0.25) is 0 Å². The van der Waals surface area contributed by atoms with Gasteiger partial charge < -0.3 is 9.57 Å². The Hall–Kier alpha value is -3.11. The van der Waals surface area contributed by atoms with Crippen molar-refractivity contribution in [2.75, 3.05) is 0 Å². The van der Waals surface area contributed by atoms with Crippen LogP contribution in [0.25, 0.3) is 0 Å². The maximum atomic E-state index is 12.3. The van der Waals surface area contributed by atoms with Crippen molar-refractivity contribution >= 4 is 23.3 Å². The molecule has 0 radical (unpaired) electrons. The van der Waals surface area contributed by atoms with E-state index in [1.807, 2.05) is 48.5 Å². The van der Waals surface area contributed by atoms with Gasteiger partial charge >= 0.3 is 5.97 Å². The van der Waals surface area contributed by atoms with Gasteiger partial charge in [-0.2, -0.15) is 0 Å². The Morgan fingerprint density at radius 2 is 1.73 bits per heavy atom. The molecule has 0 fully saturated rings. The van der Waals surface area contributed by atoms with Crippen LogP contribution in [0.4, 0.5) is 0 Å². The third-order valence-electron chi connectivity index (χ3n) is 4.08. The van der Waals surface area contributed by atoms with Crippen LogP contribution in [0.1, 0.15) is 27.0 Å². The van der Waals surface area contributed by atoms with E-state index < -0.39 is 5.97 Å². The van der Waals surface area contributed by atoms with E-state index in [1.54, 1.807) is 24.3 Å². The minimum absolute atomic E-state index is 0.341. The molecule has 0 spiro atoms. The normalized spacial score (nSPS) is 14.0. The maximum absolute atomic E-state index is 12.3. The summed E-state index contributed by atoms with van der Waals surface area (Å²) in [5.74, 6) is 0.126. The minimum Gasteiger partial charge on any atom is -0.488 e. The number of nitrogens with zero attached hydrogens (tertiary/aromatic N) is 1. The molecule has 3 aromatic rings. The second-order valence-electron chi connectivity index (χ2n) is 5.77. The van der Waals surface area contributed by atoms with Crippen molar-refractivity contribution in [1.29, 1.82) is 0 Å². The third-order valence-corrected chi connectivity index (χ3v) is 4.31. The molecule has 0 atom stereocenters. The van der Waals surface area contributed by atoms with Gasteiger partial charge in [-0.25, -0.2) is 4.79 Å². The Morgan fingerprint density at radius 3 is 2.58 bits per heavy atom. The fraction of sp³-hybridized carbons (Fsp3) is 0.0476. The highest BCUT2D eigenvalue weighted by Crippen LogP contribution is 2.29. The molecule has 26 heavy (non-hydrogen) atoms. The highest BCUT2D eigenvalue weighted by Gasteiger charge is 2.21. The van der Waals surface area contributed by atoms with E-state index in [4.69, 9.17) is 21.2 Å². The molecule has 0 saturated heterocycles. The molecule has 0 amide bonds. The lowest BCUT2D eigenvalue weighted by molar-refractivity contribution is 0.0517. The number of hydrogen-bond donors (Lipinski definition) is 0. The van der Waals surface area contributed by atoms with Gasteiger partial charge in [0.25, 0.3) is 0 Å². The molecule has 0 aliphatic carbocycles. The van der Waals surface area contributed by atoms with Crippen molar-refractivity contribution in [3.05, 3.63) is 100 Å². The van der Waals surface area contributed by atoms with Crippen LogP contribution in [-0.4, -0.2) is 11.7 Å². The highest BCUT2D eigenvalue weighted by molar-refractivity contribution is 6.30. The zero-order chi connectivity index (χ0) is 17.9. The molecular formula is C21H14ClNO3. The predicted octanol–water partition coefficient (Wildman–Crippen LogP) is 4.84. The van der Waals surface area contributed by atoms with Crippen LogP contribution >= 0.6 is 11.6 Å². The van der Waals surface area contributed by atoms with Gasteiger partial charge in [0.2, 0.25) is 0 Å². The largest absolute Gasteiger partial charge is 0.488 e. The average Bonchev–Trinajstić information content (AvgIpc) is 2.83. The van der Waals surface area contributed by atoms with Crippen LogP contribution in [0.3, 0.4) is 0 Å². The topological polar surface area (TPSA) is 47.9 Å². The van der Waals surface area contributed by atoms with E-state index in [0.717, 1.165) is 16.7 Å². The van der Waals surface area contributed by atoms with E-state index in [-0.39, 0.29) is 0 Å². The Kier molecular flexibility index (Phi) is 4.42. The molecule has 1 aliphatic heterocycles. The SMILES string of the molecule is O=C(O/N=C1/c2ccccc2COc2ccccc21)c1cccc(Cl)c1. The molecule has 0 saturated carbocycles. The van der Waals surface area contributed by atoms with Crippen LogP contribution in [0.5, 0.6) is 5.75 Å². The van der Waals surface area contributed by atoms with Gasteiger partial charge in [-0.15, -0.1) is 0 Å². The number of ether oxygens (including phenoxy) is 1. The first-order chi connectivity index (χ1) is 12.7. The molecule has 0 aromatic heterocycles. The molecule has 128 valence electrons. The summed E-state index contributed by atoms with van der Waals surface area (Å²) in [7, 11) is 0. The van der Waals surface area contributed by atoms with Gasteiger partial charge in [0.05, 0.1) is 5.56 Å². The number of halogens is 1. The molecule has 4 rings (SSSR count). The zero-order valence-electron chi connectivity index (χ0n) is 13.7. The lowest BCUT2D eigenvalue weighted by atomic mass is 9.98. The van der Waals surface area contributed by atoms with Gasteiger partial charge in [0.15, 0.2) is 0 Å². The molecule has 0 unspecified atom stereocenters. The van der Waals surface area contributed by atoms with E-state index in [0.29, 0.717) is 28.7 Å². The molecule has 5 heteroatoms. The number of oxime groups is 1. The van der Waals surface area contributed by atoms with Crippen LogP contribution in [0.2, 0.25) is 5.02 Å². The van der Waals surface area contributed by atoms with Gasteiger partial charge in [0.1, 0.15) is 18.1 Å². The van der Waals surface area contributed by atoms with Crippen LogP contribution < -0.4 is 4.74 Å². The number of carbonyl (C=O) groups is 1. The zero-order valence-corrected chi connectivity index (χ0v) is 14.4. The summed E-state index contributed by atoms with van der Waals surface area (Å²) in [4.78, 5) is 17.6. The average molecular weight is 364 g/mol. The molecule has 1 heterocycles. The Balaban J connectivity index is 1.75. The smallest absolute Gasteiger partial charge is 0.365 e. The van der Waals surface area contributed by atoms with Crippen LogP contribution in [0, 0.1) is 0 Å². The molecule has 1 aliphatic rings. The molecule has 0 N–H and O–H groups in total. The van der Waals surface area contributed by atoms with Gasteiger partial charge in [-0.1, -0.05) is 59.2 Å². The van der Waals surface area contributed by atoms with Crippen molar-refractivity contribution in [2.24, 2.45) is 5.16 Å². The maximum Gasteiger partial charge on any atom is 0.365 e. The number of fused-ring (bicyclic) bond motifs is 2. The van der Waals surface area contributed by atoms with Crippen LogP contribution in [-0.2, 0) is 11.4 Å². The van der Waals surface area contributed by atoms with E-state index in [1.165, 1.54) is 0 Å². The Labute approximate surface area is 155 Å². The van der Waals surface area contributed by atoms with Crippen molar-refractivity contribution in [3.8, 4) is 5.75 Å². The lowest BCUT2D eigenvalue weighted by Gasteiger charge is -2.08. The number of para-hydroxylation sites is 1. The van der Waals surface area contributed by atoms with Crippen molar-refractivity contribution in [1.82, 2.24) is 0 Å². The molecular weight excluding hydrogens is 350 g/mol. The highest BCUT2D eigenvalue weighted by atomic mass is 35.5. The van der Waals surface area contributed by atoms with Crippen LogP contribution in [0.15, 0.2) is 78.0 Å². The summed E-state index contributed by atoms with van der Waals surface area (Å²) < 4.78 is 5.87. The first-order valence-electron chi connectivity index (χ1n) is 8.08. The van der Waals surface area contributed by atoms with Crippen molar-refractivity contribution in [2.45, 2.75) is 6.61 Å². The first kappa shape index (κ1) is 16.4. The number of rotatable bonds is 2. The van der Waals surface area contributed by atoms with E-state index >= 15 is 0 Å². The molecule has 3 aromatic carbocycles. The Morgan fingerprint density at radius 1 is 0.962 bits per heavy atom. The number of hydrogen-bond acceptors (Lipinski definition) is 4. The molecule has 4 nitrogen and oxygen atoms in total. The third kappa shape index (κ3) is 3.19. The first-order valence-corrected chi connectivity index (χ1v) is 8.45. The summed E-state index contributed by atoms with van der Waals surface area (Å²) >= 11 is 5.93. The minimum atomic E-state index is -0.569. The van der Waals surface area contributed by atoms with E-state index in [2.05, 4.69) is 5.16 Å². The fourth-order valence-electron chi connectivity index (χ4n) is 2.82. The number of carbonyl (C=O) groups excluding carboxylic acids is 1. The summed E-state index contributed by atoms with van der Waals surface area (Å²) in [6, 6.07) is 21.9. The summed E-state index contributed by atoms with van der Waals surface area (Å²) in [6.45, 7) is 0.425. The predicted molar refractivity (Wildman–Crippen MR) is 99.7 cm³/mol. The summed E-state index contributed by atoms with van der Waals surface area (Å²) in [6.07, 6.45) is 0. The standard InChI is InChI=1S/C21H14ClNO3/c22-16-8-5-7-14(12-16)21(24)26-23-20-17-9-2-1-6-15(17)13-25-19-11-4-3-10-18(19)20/h1-12H,13H2/b23-20-. The lowest BCUT2D eigenvalue weighted by Crippen LogP contribution is -2.08. The second kappa shape index (κ2) is 7.02. The summed E-state index contributed by atoms with van der Waals surface area (Å²) in [5.41, 5.74) is 3.52. The van der Waals surface area contributed by atoms with Crippen molar-refractivity contribution in [3.63, 3.8) is 0 Å².